The van der Waals surface area contributed by atoms with Crippen molar-refractivity contribution in [2.75, 3.05) is 32.8 Å². The average Bonchev–Trinajstić information content (AvgIpc) is 3.54. The van der Waals surface area contributed by atoms with Crippen LogP contribution in [-0.4, -0.2) is 70.7 Å². The van der Waals surface area contributed by atoms with Gasteiger partial charge >= 0.3 is 6.03 Å². The Morgan fingerprint density at radius 2 is 2.06 bits per heavy atom. The van der Waals surface area contributed by atoms with Crippen LogP contribution in [0.25, 0.3) is 27.0 Å². The first-order chi connectivity index (χ1) is 17.6. The van der Waals surface area contributed by atoms with Crippen molar-refractivity contribution in [2.24, 2.45) is 0 Å². The topological polar surface area (TPSA) is 73.5 Å². The first-order valence-electron chi connectivity index (χ1n) is 13.2. The van der Waals surface area contributed by atoms with E-state index in [0.29, 0.717) is 6.54 Å². The van der Waals surface area contributed by atoms with E-state index in [1.807, 2.05) is 22.4 Å². The molecule has 192 valence electrons. The Balaban J connectivity index is 1.33. The number of amides is 2. The number of hydrogen-bond acceptors (Lipinski definition) is 5. The Labute approximate surface area is 217 Å². The van der Waals surface area contributed by atoms with Gasteiger partial charge in [-0.3, -0.25) is 4.90 Å². The van der Waals surface area contributed by atoms with Crippen molar-refractivity contribution < 1.29 is 9.53 Å². The lowest BCUT2D eigenvalue weighted by Crippen LogP contribution is -2.49. The van der Waals surface area contributed by atoms with E-state index >= 15 is 0 Å². The molecule has 1 unspecified atom stereocenters. The number of rotatable bonds is 7. The van der Waals surface area contributed by atoms with E-state index in [4.69, 9.17) is 9.72 Å². The minimum absolute atomic E-state index is 0.0416. The maximum atomic E-state index is 12.8. The van der Waals surface area contributed by atoms with Crippen molar-refractivity contribution >= 4 is 34.0 Å². The Kier molecular flexibility index (Phi) is 7.74. The van der Waals surface area contributed by atoms with Gasteiger partial charge in [0.05, 0.1) is 13.2 Å². The van der Waals surface area contributed by atoms with Gasteiger partial charge in [0.15, 0.2) is 0 Å². The van der Waals surface area contributed by atoms with Crippen molar-refractivity contribution in [1.82, 2.24) is 25.1 Å². The molecule has 7 nitrogen and oxygen atoms in total. The van der Waals surface area contributed by atoms with Gasteiger partial charge in [0.2, 0.25) is 0 Å². The second-order valence-corrected chi connectivity index (χ2v) is 11.0. The molecule has 3 aromatic heterocycles. The molecule has 0 saturated carbocycles. The van der Waals surface area contributed by atoms with Gasteiger partial charge in [-0.15, -0.1) is 11.3 Å². The van der Waals surface area contributed by atoms with Gasteiger partial charge in [0.1, 0.15) is 5.65 Å². The van der Waals surface area contributed by atoms with Crippen LogP contribution in [0.2, 0.25) is 0 Å². The average molecular weight is 508 g/mol. The zero-order valence-electron chi connectivity index (χ0n) is 21.5. The third kappa shape index (κ3) is 5.36. The summed E-state index contributed by atoms with van der Waals surface area (Å²) in [6.45, 7) is 11.7. The van der Waals surface area contributed by atoms with Crippen LogP contribution in [0.3, 0.4) is 0 Å². The largest absolute Gasteiger partial charge is 0.379 e. The van der Waals surface area contributed by atoms with Crippen molar-refractivity contribution in [1.29, 1.82) is 0 Å². The molecule has 0 spiro atoms. The molecule has 2 aliphatic heterocycles. The standard InChI is InChI=1S/C28H37N5O2S/c1-4-22(5-2)31-28(34)33-9-8-20(14-19(33)3)25-17-30-27-24(25)15-21(16-29-27)26-7-6-23(36-26)18-32-10-12-35-13-11-32/h6-7,14-17,19,22H,4-5,8-13,18H2,1-3H3,(H,29,30)(H,31,34). The molecule has 5 rings (SSSR count). The summed E-state index contributed by atoms with van der Waals surface area (Å²) in [7, 11) is 0. The minimum Gasteiger partial charge on any atom is -0.379 e. The zero-order valence-corrected chi connectivity index (χ0v) is 22.4. The zero-order chi connectivity index (χ0) is 25.1. The summed E-state index contributed by atoms with van der Waals surface area (Å²) in [5.74, 6) is 0. The highest BCUT2D eigenvalue weighted by atomic mass is 32.1. The van der Waals surface area contributed by atoms with E-state index in [1.165, 1.54) is 20.9 Å². The Hall–Kier alpha value is -2.68. The molecule has 5 heterocycles. The summed E-state index contributed by atoms with van der Waals surface area (Å²) in [4.78, 5) is 27.9. The molecule has 8 heteroatoms. The number of aromatic nitrogens is 2. The number of fused-ring (bicyclic) bond motifs is 1. The van der Waals surface area contributed by atoms with E-state index < -0.39 is 0 Å². The van der Waals surface area contributed by atoms with Gasteiger partial charge in [0.25, 0.3) is 0 Å². The molecule has 36 heavy (non-hydrogen) atoms. The Morgan fingerprint density at radius 1 is 1.25 bits per heavy atom. The highest BCUT2D eigenvalue weighted by Gasteiger charge is 2.26. The van der Waals surface area contributed by atoms with Crippen LogP contribution < -0.4 is 5.32 Å². The van der Waals surface area contributed by atoms with Gasteiger partial charge in [-0.25, -0.2) is 9.78 Å². The van der Waals surface area contributed by atoms with Crippen LogP contribution in [0.5, 0.6) is 0 Å². The summed E-state index contributed by atoms with van der Waals surface area (Å²) in [5, 5.41) is 4.33. The number of H-pyrrole nitrogens is 1. The highest BCUT2D eigenvalue weighted by molar-refractivity contribution is 7.15. The molecule has 1 atom stereocenters. The number of aromatic amines is 1. The quantitative estimate of drug-likeness (QED) is 0.443. The van der Waals surface area contributed by atoms with Gasteiger partial charge in [-0.1, -0.05) is 19.9 Å². The van der Waals surface area contributed by atoms with E-state index in [9.17, 15) is 4.79 Å². The maximum absolute atomic E-state index is 12.8. The van der Waals surface area contributed by atoms with Crippen LogP contribution in [0, 0.1) is 0 Å². The first-order valence-corrected chi connectivity index (χ1v) is 14.0. The maximum Gasteiger partial charge on any atom is 0.318 e. The number of hydrogen-bond donors (Lipinski definition) is 2. The molecule has 2 amide bonds. The van der Waals surface area contributed by atoms with E-state index in [2.05, 4.69) is 66.4 Å². The van der Waals surface area contributed by atoms with Gasteiger partial charge in [-0.2, -0.15) is 0 Å². The van der Waals surface area contributed by atoms with E-state index in [-0.39, 0.29) is 18.1 Å². The van der Waals surface area contributed by atoms with Crippen molar-refractivity contribution in [2.45, 2.75) is 58.7 Å². The van der Waals surface area contributed by atoms with E-state index in [0.717, 1.165) is 68.7 Å². The van der Waals surface area contributed by atoms with Crippen LogP contribution >= 0.6 is 11.3 Å². The SMILES string of the molecule is CCC(CC)NC(=O)N1CCC(c2c[nH]c3ncc(-c4ccc(CN5CCOCC5)s4)cc23)=CC1C. The van der Waals surface area contributed by atoms with Crippen LogP contribution in [0.1, 0.15) is 50.5 Å². The Morgan fingerprint density at radius 3 is 2.81 bits per heavy atom. The summed E-state index contributed by atoms with van der Waals surface area (Å²) < 4.78 is 5.48. The first kappa shape index (κ1) is 25.0. The second kappa shape index (κ2) is 11.2. The third-order valence-corrected chi connectivity index (χ3v) is 8.56. The summed E-state index contributed by atoms with van der Waals surface area (Å²) in [6, 6.07) is 7.04. The molecule has 0 bridgehead atoms. The fourth-order valence-electron chi connectivity index (χ4n) is 5.17. The van der Waals surface area contributed by atoms with Crippen LogP contribution in [0.15, 0.2) is 36.7 Å². The molecular formula is C28H37N5O2S. The number of thiophene rings is 1. The fraction of sp³-hybridized carbons (Fsp3) is 0.500. The predicted molar refractivity (Wildman–Crippen MR) is 147 cm³/mol. The number of carbonyl (C=O) groups excluding carboxylic acids is 1. The van der Waals surface area contributed by atoms with Gasteiger partial charge in [0, 0.05) is 76.9 Å². The highest BCUT2D eigenvalue weighted by Crippen LogP contribution is 2.35. The minimum atomic E-state index is 0.0416. The normalized spacial score (nSPS) is 19.2. The van der Waals surface area contributed by atoms with Crippen LogP contribution in [0.4, 0.5) is 4.79 Å². The summed E-state index contributed by atoms with van der Waals surface area (Å²) in [5.41, 5.74) is 4.52. The molecular weight excluding hydrogens is 470 g/mol. The smallest absolute Gasteiger partial charge is 0.318 e. The monoisotopic (exact) mass is 507 g/mol. The number of ether oxygens (including phenoxy) is 1. The predicted octanol–water partition coefficient (Wildman–Crippen LogP) is 5.50. The number of morpholine rings is 1. The van der Waals surface area contributed by atoms with Crippen molar-refractivity contribution in [3.63, 3.8) is 0 Å². The van der Waals surface area contributed by atoms with Crippen molar-refractivity contribution in [3.05, 3.63) is 47.1 Å². The van der Waals surface area contributed by atoms with Gasteiger partial charge < -0.3 is 19.9 Å². The fourth-order valence-corrected chi connectivity index (χ4v) is 6.20. The number of pyridine rings is 1. The molecule has 3 aromatic rings. The van der Waals surface area contributed by atoms with Gasteiger partial charge in [-0.05, 0) is 50.0 Å². The summed E-state index contributed by atoms with van der Waals surface area (Å²) in [6.07, 6.45) is 9.01. The number of nitrogens with zero attached hydrogens (tertiary/aromatic N) is 3. The van der Waals surface area contributed by atoms with E-state index in [1.54, 1.807) is 0 Å². The number of carbonyl (C=O) groups is 1. The molecule has 2 N–H and O–H groups in total. The van der Waals surface area contributed by atoms with Crippen molar-refractivity contribution in [3.8, 4) is 10.4 Å². The van der Waals surface area contributed by atoms with Crippen LogP contribution in [-0.2, 0) is 11.3 Å². The lowest BCUT2D eigenvalue weighted by molar-refractivity contribution is 0.0346. The number of urea groups is 1. The molecule has 0 aliphatic carbocycles. The number of nitrogens with one attached hydrogen (secondary N) is 2. The summed E-state index contributed by atoms with van der Waals surface area (Å²) >= 11 is 1.85. The Bertz CT molecular complexity index is 1220. The molecule has 1 fully saturated rings. The molecule has 1 saturated heterocycles. The lowest BCUT2D eigenvalue weighted by Gasteiger charge is -2.33. The second-order valence-electron chi connectivity index (χ2n) is 9.82. The lowest BCUT2D eigenvalue weighted by atomic mass is 9.96. The molecule has 2 aliphatic rings. The molecule has 0 radical (unpaired) electrons. The molecule has 0 aromatic carbocycles. The third-order valence-electron chi connectivity index (χ3n) is 7.44.